The van der Waals surface area contributed by atoms with Crippen molar-refractivity contribution < 1.29 is 9.47 Å². The first-order valence-electron chi connectivity index (χ1n) is 11.1. The first-order chi connectivity index (χ1) is 15.8. The van der Waals surface area contributed by atoms with E-state index in [1.165, 1.54) is 5.56 Å². The van der Waals surface area contributed by atoms with Crippen molar-refractivity contribution in [1.82, 2.24) is 25.4 Å². The van der Waals surface area contributed by atoms with Crippen LogP contribution in [-0.4, -0.2) is 53.1 Å². The SMILES string of the molecule is CCc1nncn1CCNC(=NCC1COc2ccccc2O1)NCCc1ccccc1. The number of benzene rings is 2. The van der Waals surface area contributed by atoms with Crippen LogP contribution in [0.5, 0.6) is 11.5 Å². The van der Waals surface area contributed by atoms with Crippen LogP contribution in [0.3, 0.4) is 0 Å². The Morgan fingerprint density at radius 2 is 1.84 bits per heavy atom. The van der Waals surface area contributed by atoms with Crippen molar-refractivity contribution >= 4 is 5.96 Å². The number of hydrogen-bond donors (Lipinski definition) is 2. The summed E-state index contributed by atoms with van der Waals surface area (Å²) in [5.41, 5.74) is 1.29. The summed E-state index contributed by atoms with van der Waals surface area (Å²) in [5, 5.41) is 15.0. The molecule has 0 saturated heterocycles. The molecule has 1 unspecified atom stereocenters. The highest BCUT2D eigenvalue weighted by Crippen LogP contribution is 2.30. The lowest BCUT2D eigenvalue weighted by Crippen LogP contribution is -2.41. The molecule has 0 amide bonds. The van der Waals surface area contributed by atoms with Gasteiger partial charge >= 0.3 is 0 Å². The average molecular weight is 435 g/mol. The smallest absolute Gasteiger partial charge is 0.191 e. The highest BCUT2D eigenvalue weighted by molar-refractivity contribution is 5.79. The molecule has 1 aromatic heterocycles. The molecular formula is C24H30N6O2. The third-order valence-electron chi connectivity index (χ3n) is 5.23. The zero-order chi connectivity index (χ0) is 22.0. The van der Waals surface area contributed by atoms with Crippen molar-refractivity contribution in [3.8, 4) is 11.5 Å². The van der Waals surface area contributed by atoms with E-state index < -0.39 is 0 Å². The summed E-state index contributed by atoms with van der Waals surface area (Å²) in [4.78, 5) is 4.76. The fraction of sp³-hybridized carbons (Fsp3) is 0.375. The molecule has 0 aliphatic carbocycles. The Labute approximate surface area is 188 Å². The standard InChI is InChI=1S/C24H30N6O2/c1-2-23-29-28-18-30(23)15-14-26-24(25-13-12-19-8-4-3-5-9-19)27-16-20-17-31-21-10-6-7-11-22(21)32-20/h3-11,18,20H,2,12-17H2,1H3,(H2,25,26,27). The van der Waals surface area contributed by atoms with E-state index in [4.69, 9.17) is 14.5 Å². The third kappa shape index (κ3) is 6.00. The number of para-hydroxylation sites is 2. The van der Waals surface area contributed by atoms with Gasteiger partial charge in [0.2, 0.25) is 0 Å². The first kappa shape index (κ1) is 21.7. The van der Waals surface area contributed by atoms with Crippen LogP contribution in [0.1, 0.15) is 18.3 Å². The number of ether oxygens (including phenoxy) is 2. The van der Waals surface area contributed by atoms with Gasteiger partial charge in [0, 0.05) is 26.1 Å². The van der Waals surface area contributed by atoms with Crippen molar-refractivity contribution in [3.05, 3.63) is 72.3 Å². The number of aryl methyl sites for hydroxylation is 1. The van der Waals surface area contributed by atoms with Gasteiger partial charge in [-0.3, -0.25) is 0 Å². The van der Waals surface area contributed by atoms with Gasteiger partial charge in [-0.2, -0.15) is 0 Å². The molecule has 8 heteroatoms. The Morgan fingerprint density at radius 1 is 1.06 bits per heavy atom. The minimum Gasteiger partial charge on any atom is -0.486 e. The monoisotopic (exact) mass is 434 g/mol. The number of nitrogens with zero attached hydrogens (tertiary/aromatic N) is 4. The quantitative estimate of drug-likeness (QED) is 0.398. The average Bonchev–Trinajstić information content (AvgIpc) is 3.30. The molecule has 2 aromatic carbocycles. The maximum absolute atomic E-state index is 6.04. The van der Waals surface area contributed by atoms with E-state index >= 15 is 0 Å². The molecule has 0 spiro atoms. The van der Waals surface area contributed by atoms with Gasteiger partial charge in [-0.15, -0.1) is 10.2 Å². The second kappa shape index (κ2) is 11.2. The van der Waals surface area contributed by atoms with Crippen LogP contribution < -0.4 is 20.1 Å². The van der Waals surface area contributed by atoms with Crippen LogP contribution in [0, 0.1) is 0 Å². The lowest BCUT2D eigenvalue weighted by atomic mass is 10.1. The molecule has 3 aromatic rings. The molecule has 4 rings (SSSR count). The van der Waals surface area contributed by atoms with Crippen LogP contribution in [-0.2, 0) is 19.4 Å². The fourth-order valence-corrected chi connectivity index (χ4v) is 3.52. The minimum absolute atomic E-state index is 0.123. The molecule has 1 aliphatic heterocycles. The Bertz CT molecular complexity index is 1000. The van der Waals surface area contributed by atoms with Gasteiger partial charge in [0.05, 0.1) is 6.54 Å². The Balaban J connectivity index is 1.33. The van der Waals surface area contributed by atoms with Crippen molar-refractivity contribution in [1.29, 1.82) is 0 Å². The van der Waals surface area contributed by atoms with Crippen LogP contribution >= 0.6 is 0 Å². The van der Waals surface area contributed by atoms with Gasteiger partial charge in [0.15, 0.2) is 23.6 Å². The Morgan fingerprint density at radius 3 is 2.69 bits per heavy atom. The summed E-state index contributed by atoms with van der Waals surface area (Å²) >= 11 is 0. The molecule has 1 aliphatic rings. The van der Waals surface area contributed by atoms with Crippen molar-refractivity contribution in [2.24, 2.45) is 4.99 Å². The molecule has 2 heterocycles. The zero-order valence-electron chi connectivity index (χ0n) is 18.4. The van der Waals surface area contributed by atoms with E-state index in [9.17, 15) is 0 Å². The second-order valence-electron chi connectivity index (χ2n) is 7.57. The number of guanidine groups is 1. The molecule has 0 radical (unpaired) electrons. The van der Waals surface area contributed by atoms with Crippen LogP contribution in [0.2, 0.25) is 0 Å². The summed E-state index contributed by atoms with van der Waals surface area (Å²) in [6, 6.07) is 18.2. The molecule has 2 N–H and O–H groups in total. The summed E-state index contributed by atoms with van der Waals surface area (Å²) < 4.78 is 13.9. The number of aliphatic imine (C=N–C) groups is 1. The minimum atomic E-state index is -0.123. The Kier molecular flexibility index (Phi) is 7.57. The van der Waals surface area contributed by atoms with Gasteiger partial charge in [-0.05, 0) is 24.1 Å². The van der Waals surface area contributed by atoms with E-state index in [0.29, 0.717) is 19.7 Å². The second-order valence-corrected chi connectivity index (χ2v) is 7.57. The summed E-state index contributed by atoms with van der Waals surface area (Å²) in [5.74, 6) is 3.29. The number of aromatic nitrogens is 3. The maximum atomic E-state index is 6.04. The molecule has 1 atom stereocenters. The van der Waals surface area contributed by atoms with Crippen LogP contribution in [0.25, 0.3) is 0 Å². The van der Waals surface area contributed by atoms with E-state index in [1.54, 1.807) is 6.33 Å². The first-order valence-corrected chi connectivity index (χ1v) is 11.1. The molecule has 8 nitrogen and oxygen atoms in total. The molecule has 32 heavy (non-hydrogen) atoms. The van der Waals surface area contributed by atoms with E-state index in [0.717, 1.165) is 49.2 Å². The normalized spacial score (nSPS) is 15.4. The molecule has 0 bridgehead atoms. The van der Waals surface area contributed by atoms with Gasteiger partial charge in [0.1, 0.15) is 18.8 Å². The van der Waals surface area contributed by atoms with Gasteiger partial charge < -0.3 is 24.7 Å². The maximum Gasteiger partial charge on any atom is 0.191 e. The predicted molar refractivity (Wildman–Crippen MR) is 124 cm³/mol. The van der Waals surface area contributed by atoms with Gasteiger partial charge in [-0.25, -0.2) is 4.99 Å². The highest BCUT2D eigenvalue weighted by Gasteiger charge is 2.20. The fourth-order valence-electron chi connectivity index (χ4n) is 3.52. The van der Waals surface area contributed by atoms with E-state index in [-0.39, 0.29) is 6.10 Å². The van der Waals surface area contributed by atoms with E-state index in [1.807, 2.05) is 30.3 Å². The molecule has 0 fully saturated rings. The zero-order valence-corrected chi connectivity index (χ0v) is 18.4. The summed E-state index contributed by atoms with van der Waals surface area (Å²) in [6.07, 6.45) is 3.42. The van der Waals surface area contributed by atoms with Crippen LogP contribution in [0.15, 0.2) is 65.9 Å². The van der Waals surface area contributed by atoms with Crippen molar-refractivity contribution in [2.75, 3.05) is 26.2 Å². The number of nitrogens with one attached hydrogen (secondary N) is 2. The Hall–Kier alpha value is -3.55. The lowest BCUT2D eigenvalue weighted by Gasteiger charge is -2.25. The lowest BCUT2D eigenvalue weighted by molar-refractivity contribution is 0.0971. The third-order valence-corrected chi connectivity index (χ3v) is 5.23. The van der Waals surface area contributed by atoms with Gasteiger partial charge in [0.25, 0.3) is 0 Å². The van der Waals surface area contributed by atoms with Crippen molar-refractivity contribution in [3.63, 3.8) is 0 Å². The number of hydrogen-bond acceptors (Lipinski definition) is 5. The van der Waals surface area contributed by atoms with Gasteiger partial charge in [-0.1, -0.05) is 49.4 Å². The topological polar surface area (TPSA) is 85.6 Å². The van der Waals surface area contributed by atoms with E-state index in [2.05, 4.69) is 56.6 Å². The number of fused-ring (bicyclic) bond motifs is 1. The molecule has 0 saturated carbocycles. The van der Waals surface area contributed by atoms with Crippen LogP contribution in [0.4, 0.5) is 0 Å². The van der Waals surface area contributed by atoms with Crippen molar-refractivity contribution in [2.45, 2.75) is 32.4 Å². The number of rotatable bonds is 9. The molecular weight excluding hydrogens is 404 g/mol. The molecule has 168 valence electrons. The predicted octanol–water partition coefficient (Wildman–Crippen LogP) is 2.46. The largest absolute Gasteiger partial charge is 0.486 e. The summed E-state index contributed by atoms with van der Waals surface area (Å²) in [6.45, 7) is 5.34. The summed E-state index contributed by atoms with van der Waals surface area (Å²) in [7, 11) is 0. The highest BCUT2D eigenvalue weighted by atomic mass is 16.6.